The van der Waals surface area contributed by atoms with Crippen LogP contribution in [0.3, 0.4) is 0 Å². The molecular formula is C19H18N4O3. The molecule has 0 saturated heterocycles. The number of nitrogens with zero attached hydrogens (tertiary/aromatic N) is 4. The summed E-state index contributed by atoms with van der Waals surface area (Å²) in [4.78, 5) is 8.80. The third-order valence-electron chi connectivity index (χ3n) is 4.11. The molecule has 26 heavy (non-hydrogen) atoms. The van der Waals surface area contributed by atoms with Gasteiger partial charge in [-0.3, -0.25) is 0 Å². The fourth-order valence-electron chi connectivity index (χ4n) is 2.76. The van der Waals surface area contributed by atoms with E-state index in [1.165, 1.54) is 0 Å². The second kappa shape index (κ2) is 6.87. The Bertz CT molecular complexity index is 1040. The van der Waals surface area contributed by atoms with Crippen LogP contribution in [0.5, 0.6) is 11.5 Å². The summed E-state index contributed by atoms with van der Waals surface area (Å²) in [7, 11) is 1.60. The minimum Gasteiger partial charge on any atom is -0.493 e. The zero-order valence-corrected chi connectivity index (χ0v) is 14.5. The molecule has 0 aliphatic rings. The van der Waals surface area contributed by atoms with Crippen LogP contribution in [0.2, 0.25) is 0 Å². The number of fused-ring (bicyclic) bond motifs is 1. The van der Waals surface area contributed by atoms with Crippen molar-refractivity contribution >= 4 is 11.0 Å². The van der Waals surface area contributed by atoms with Gasteiger partial charge < -0.3 is 18.6 Å². The molecule has 2 aromatic carbocycles. The first-order valence-electron chi connectivity index (χ1n) is 8.32. The van der Waals surface area contributed by atoms with Crippen LogP contribution < -0.4 is 9.47 Å². The van der Waals surface area contributed by atoms with Crippen molar-refractivity contribution in [1.29, 1.82) is 0 Å². The average molecular weight is 350 g/mol. The number of aromatic nitrogens is 4. The van der Waals surface area contributed by atoms with Crippen LogP contribution in [-0.4, -0.2) is 26.8 Å². The number of benzene rings is 2. The highest BCUT2D eigenvalue weighted by atomic mass is 16.5. The number of rotatable bonds is 6. The Morgan fingerprint density at radius 1 is 1.12 bits per heavy atom. The largest absolute Gasteiger partial charge is 0.493 e. The second-order valence-electron chi connectivity index (χ2n) is 5.69. The fourth-order valence-corrected chi connectivity index (χ4v) is 2.76. The lowest BCUT2D eigenvalue weighted by Crippen LogP contribution is -1.97. The number of aryl methyl sites for hydroxylation is 1. The van der Waals surface area contributed by atoms with E-state index in [1.807, 2.05) is 48.8 Å². The molecule has 0 aliphatic carbocycles. The quantitative estimate of drug-likeness (QED) is 0.528. The summed E-state index contributed by atoms with van der Waals surface area (Å²) in [6, 6.07) is 13.3. The van der Waals surface area contributed by atoms with Crippen molar-refractivity contribution in [2.45, 2.75) is 20.1 Å². The van der Waals surface area contributed by atoms with Crippen LogP contribution in [0, 0.1) is 0 Å². The van der Waals surface area contributed by atoms with Gasteiger partial charge in [0.2, 0.25) is 5.82 Å². The van der Waals surface area contributed by atoms with Crippen molar-refractivity contribution in [2.75, 3.05) is 7.11 Å². The molecule has 0 spiro atoms. The molecule has 7 nitrogen and oxygen atoms in total. The summed E-state index contributed by atoms with van der Waals surface area (Å²) in [6.07, 6.45) is 1.83. The molecule has 4 aromatic rings. The van der Waals surface area contributed by atoms with Crippen LogP contribution >= 0.6 is 0 Å². The molecule has 0 bridgehead atoms. The van der Waals surface area contributed by atoms with Gasteiger partial charge in [-0.15, -0.1) is 0 Å². The number of hydrogen-bond donors (Lipinski definition) is 0. The van der Waals surface area contributed by atoms with E-state index in [1.54, 1.807) is 7.11 Å². The Labute approximate surface area is 150 Å². The highest BCUT2D eigenvalue weighted by molar-refractivity contribution is 5.80. The number of ether oxygens (including phenoxy) is 2. The fraction of sp³-hybridized carbons (Fsp3) is 0.211. The third-order valence-corrected chi connectivity index (χ3v) is 4.11. The number of methoxy groups -OCH3 is 1. The molecular weight excluding hydrogens is 332 g/mol. The van der Waals surface area contributed by atoms with Crippen molar-refractivity contribution in [3.8, 4) is 22.9 Å². The first-order valence-corrected chi connectivity index (χ1v) is 8.32. The van der Waals surface area contributed by atoms with E-state index in [9.17, 15) is 0 Å². The summed E-state index contributed by atoms with van der Waals surface area (Å²) in [6.45, 7) is 3.10. The zero-order valence-electron chi connectivity index (χ0n) is 14.5. The van der Waals surface area contributed by atoms with Crippen molar-refractivity contribution < 1.29 is 14.0 Å². The lowest BCUT2D eigenvalue weighted by Gasteiger charge is -2.07. The van der Waals surface area contributed by atoms with Gasteiger partial charge in [0, 0.05) is 12.1 Å². The van der Waals surface area contributed by atoms with Gasteiger partial charge in [0.25, 0.3) is 5.89 Å². The SMILES string of the molecule is CCn1cnc2ccc(-c3noc(COc4ccccc4OC)n3)cc21. The minimum absolute atomic E-state index is 0.169. The predicted molar refractivity (Wildman–Crippen MR) is 96.0 cm³/mol. The van der Waals surface area contributed by atoms with Gasteiger partial charge >= 0.3 is 0 Å². The molecule has 0 N–H and O–H groups in total. The second-order valence-corrected chi connectivity index (χ2v) is 5.69. The smallest absolute Gasteiger partial charge is 0.264 e. The number of imidazole rings is 1. The van der Waals surface area contributed by atoms with Crippen LogP contribution in [-0.2, 0) is 13.2 Å². The molecule has 132 valence electrons. The summed E-state index contributed by atoms with van der Waals surface area (Å²) in [5.74, 6) is 2.21. The molecule has 0 atom stereocenters. The van der Waals surface area contributed by atoms with Crippen LogP contribution in [0.4, 0.5) is 0 Å². The average Bonchev–Trinajstić information content (AvgIpc) is 3.32. The Morgan fingerprint density at radius 2 is 1.96 bits per heavy atom. The van der Waals surface area contributed by atoms with Gasteiger partial charge in [0.1, 0.15) is 0 Å². The molecule has 0 amide bonds. The lowest BCUT2D eigenvalue weighted by molar-refractivity contribution is 0.233. The third kappa shape index (κ3) is 2.99. The molecule has 2 aromatic heterocycles. The molecule has 0 unspecified atom stereocenters. The minimum atomic E-state index is 0.169. The summed E-state index contributed by atoms with van der Waals surface area (Å²) < 4.78 is 18.4. The Balaban J connectivity index is 1.54. The molecule has 0 radical (unpaired) electrons. The van der Waals surface area contributed by atoms with Gasteiger partial charge in [-0.05, 0) is 37.3 Å². The van der Waals surface area contributed by atoms with Gasteiger partial charge in [0.05, 0.1) is 24.5 Å². The monoisotopic (exact) mass is 350 g/mol. The van der Waals surface area contributed by atoms with E-state index in [0.29, 0.717) is 23.2 Å². The molecule has 0 fully saturated rings. The van der Waals surface area contributed by atoms with Crippen LogP contribution in [0.15, 0.2) is 53.3 Å². The maximum absolute atomic E-state index is 5.72. The van der Waals surface area contributed by atoms with E-state index in [0.717, 1.165) is 23.1 Å². The van der Waals surface area contributed by atoms with Crippen molar-refractivity contribution in [3.63, 3.8) is 0 Å². The van der Waals surface area contributed by atoms with Gasteiger partial charge in [-0.25, -0.2) is 4.98 Å². The standard InChI is InChI=1S/C19H18N4O3/c1-3-23-12-20-14-9-8-13(10-15(14)23)19-21-18(26-22-19)11-25-17-7-5-4-6-16(17)24-2/h4-10,12H,3,11H2,1-2H3. The normalized spacial score (nSPS) is 11.0. The van der Waals surface area contributed by atoms with Gasteiger partial charge in [0.15, 0.2) is 18.1 Å². The zero-order chi connectivity index (χ0) is 17.9. The Morgan fingerprint density at radius 3 is 2.77 bits per heavy atom. The number of para-hydroxylation sites is 2. The van der Waals surface area contributed by atoms with Crippen molar-refractivity contribution in [1.82, 2.24) is 19.7 Å². The summed E-state index contributed by atoms with van der Waals surface area (Å²) in [5, 5.41) is 4.06. The Hall–Kier alpha value is -3.35. The Kier molecular flexibility index (Phi) is 4.27. The summed E-state index contributed by atoms with van der Waals surface area (Å²) >= 11 is 0. The molecule has 0 aliphatic heterocycles. The van der Waals surface area contributed by atoms with Crippen LogP contribution in [0.25, 0.3) is 22.4 Å². The first-order chi connectivity index (χ1) is 12.8. The van der Waals surface area contributed by atoms with Crippen molar-refractivity contribution in [3.05, 3.63) is 54.7 Å². The topological polar surface area (TPSA) is 75.2 Å². The van der Waals surface area contributed by atoms with E-state index in [4.69, 9.17) is 14.0 Å². The molecule has 4 rings (SSSR count). The maximum Gasteiger partial charge on any atom is 0.264 e. The summed E-state index contributed by atoms with van der Waals surface area (Å²) in [5.41, 5.74) is 2.86. The van der Waals surface area contributed by atoms with Gasteiger partial charge in [-0.1, -0.05) is 17.3 Å². The predicted octanol–water partition coefficient (Wildman–Crippen LogP) is 3.69. The maximum atomic E-state index is 5.72. The van der Waals surface area contributed by atoms with E-state index < -0.39 is 0 Å². The molecule has 7 heteroatoms. The molecule has 0 saturated carbocycles. The highest BCUT2D eigenvalue weighted by Crippen LogP contribution is 2.27. The van der Waals surface area contributed by atoms with Crippen molar-refractivity contribution in [2.24, 2.45) is 0 Å². The van der Waals surface area contributed by atoms with E-state index >= 15 is 0 Å². The first kappa shape index (κ1) is 16.1. The number of hydrogen-bond acceptors (Lipinski definition) is 6. The van der Waals surface area contributed by atoms with E-state index in [-0.39, 0.29) is 6.61 Å². The molecule has 2 heterocycles. The lowest BCUT2D eigenvalue weighted by atomic mass is 10.2. The van der Waals surface area contributed by atoms with Gasteiger partial charge in [-0.2, -0.15) is 4.98 Å². The van der Waals surface area contributed by atoms with E-state index in [2.05, 4.69) is 26.6 Å². The highest BCUT2D eigenvalue weighted by Gasteiger charge is 2.12. The van der Waals surface area contributed by atoms with Crippen LogP contribution in [0.1, 0.15) is 12.8 Å².